The molecule has 1 aromatic rings. The van der Waals surface area contributed by atoms with Crippen molar-refractivity contribution in [2.24, 2.45) is 5.92 Å². The molecule has 3 aliphatic carbocycles. The van der Waals surface area contributed by atoms with Crippen LogP contribution < -0.4 is 4.74 Å². The second kappa shape index (κ2) is 4.34. The van der Waals surface area contributed by atoms with E-state index in [1.165, 1.54) is 24.9 Å². The van der Waals surface area contributed by atoms with Crippen LogP contribution in [0.2, 0.25) is 0 Å². The lowest BCUT2D eigenvalue weighted by molar-refractivity contribution is -0.950. The Balaban J connectivity index is 1.58. The number of aliphatic hydroxyl groups is 1. The van der Waals surface area contributed by atoms with Gasteiger partial charge in [-0.2, -0.15) is 0 Å². The number of piperidine rings is 1. The molecule has 1 spiro atoms. The Bertz CT molecular complexity index is 775. The third-order valence-corrected chi connectivity index (χ3v) is 8.38. The van der Waals surface area contributed by atoms with Crippen molar-refractivity contribution in [2.45, 2.75) is 68.1 Å². The van der Waals surface area contributed by atoms with Crippen LogP contribution in [0.3, 0.4) is 0 Å². The van der Waals surface area contributed by atoms with Gasteiger partial charge >= 0.3 is 0 Å². The lowest BCUT2D eigenvalue weighted by atomic mass is 9.48. The van der Waals surface area contributed by atoms with Crippen molar-refractivity contribution < 1.29 is 19.4 Å². The summed E-state index contributed by atoms with van der Waals surface area (Å²) in [5.41, 5.74) is 1.49. The smallest absolute Gasteiger partial charge is 0.165 e. The number of likely N-dealkylation sites (N-methyl/N-ethyl adjacent to an activating group) is 1. The fraction of sp³-hybridized carbons (Fsp3) is 0.714. The molecule has 25 heavy (non-hydrogen) atoms. The van der Waals surface area contributed by atoms with Gasteiger partial charge in [0, 0.05) is 24.3 Å². The number of nitrogens with zero attached hydrogens (tertiary/aromatic N) is 1. The molecule has 134 valence electrons. The van der Waals surface area contributed by atoms with E-state index in [0.29, 0.717) is 5.75 Å². The molecule has 2 unspecified atom stereocenters. The van der Waals surface area contributed by atoms with Gasteiger partial charge in [0.2, 0.25) is 0 Å². The standard InChI is InChI=1S/C21H27NO3/c1-22(12-13-4-5-13)10-9-20-17-3-2-8-21(20,24)16(22)11-14-6-7-15(23)19(25-17)18(14)20/h6-7,13,16-17,24H,2-5,8-12H2,1H3/p+1/t16-,17+,20-,21?,22?/m1/s1. The van der Waals surface area contributed by atoms with E-state index in [1.807, 2.05) is 0 Å². The Morgan fingerprint density at radius 3 is 2.88 bits per heavy atom. The second-order valence-corrected chi connectivity index (χ2v) is 9.64. The van der Waals surface area contributed by atoms with Crippen molar-refractivity contribution in [3.63, 3.8) is 0 Å². The van der Waals surface area contributed by atoms with Crippen LogP contribution in [0, 0.1) is 5.92 Å². The molecule has 4 nitrogen and oxygen atoms in total. The zero-order chi connectivity index (χ0) is 17.0. The normalized spacial score (nSPS) is 46.5. The first-order chi connectivity index (χ1) is 12.0. The van der Waals surface area contributed by atoms with Crippen molar-refractivity contribution in [3.05, 3.63) is 23.3 Å². The number of aromatic hydroxyl groups is 1. The third-order valence-electron chi connectivity index (χ3n) is 8.38. The highest BCUT2D eigenvalue weighted by molar-refractivity contribution is 5.61. The minimum absolute atomic E-state index is 0.0331. The summed E-state index contributed by atoms with van der Waals surface area (Å²) in [7, 11) is 2.39. The van der Waals surface area contributed by atoms with Gasteiger partial charge in [-0.15, -0.1) is 0 Å². The van der Waals surface area contributed by atoms with Gasteiger partial charge in [-0.25, -0.2) is 0 Å². The predicted molar refractivity (Wildman–Crippen MR) is 93.8 cm³/mol. The Kier molecular flexibility index (Phi) is 2.58. The number of hydrogen-bond acceptors (Lipinski definition) is 3. The molecule has 1 aromatic carbocycles. The van der Waals surface area contributed by atoms with Crippen LogP contribution in [0.1, 0.15) is 49.7 Å². The molecule has 2 bridgehead atoms. The third kappa shape index (κ3) is 1.58. The van der Waals surface area contributed by atoms with E-state index < -0.39 is 5.60 Å². The molecule has 2 N–H and O–H groups in total. The minimum atomic E-state index is -0.691. The molecule has 2 saturated carbocycles. The topological polar surface area (TPSA) is 49.7 Å². The first kappa shape index (κ1) is 14.9. The van der Waals surface area contributed by atoms with Crippen molar-refractivity contribution in [2.75, 3.05) is 20.1 Å². The van der Waals surface area contributed by atoms with Crippen LogP contribution in [0.4, 0.5) is 0 Å². The van der Waals surface area contributed by atoms with E-state index in [2.05, 4.69) is 13.1 Å². The van der Waals surface area contributed by atoms with Gasteiger partial charge in [0.15, 0.2) is 11.5 Å². The molecule has 3 fully saturated rings. The maximum atomic E-state index is 12.2. The molecule has 1 saturated heterocycles. The zero-order valence-electron chi connectivity index (χ0n) is 15.0. The molecule has 0 radical (unpaired) electrons. The summed E-state index contributed by atoms with van der Waals surface area (Å²) in [5, 5.41) is 22.6. The van der Waals surface area contributed by atoms with E-state index in [9.17, 15) is 10.2 Å². The predicted octanol–water partition coefficient (Wildman–Crippen LogP) is 2.49. The van der Waals surface area contributed by atoms with Gasteiger partial charge in [0.05, 0.1) is 25.6 Å². The Labute approximate surface area is 149 Å². The number of hydrogen-bond donors (Lipinski definition) is 2. The molecule has 5 aliphatic rings. The quantitative estimate of drug-likeness (QED) is 0.812. The lowest BCUT2D eigenvalue weighted by Crippen LogP contribution is -2.79. The van der Waals surface area contributed by atoms with E-state index in [0.717, 1.165) is 54.6 Å². The molecule has 0 amide bonds. The Hall–Kier alpha value is -1.26. The molecule has 5 atom stereocenters. The average molecular weight is 342 g/mol. The first-order valence-electron chi connectivity index (χ1n) is 10.1. The summed E-state index contributed by atoms with van der Waals surface area (Å²) in [6.07, 6.45) is 7.56. The maximum Gasteiger partial charge on any atom is 0.165 e. The summed E-state index contributed by atoms with van der Waals surface area (Å²) in [6.45, 7) is 2.34. The average Bonchev–Trinajstić information content (AvgIpc) is 3.30. The molecule has 0 aromatic heterocycles. The number of rotatable bonds is 2. The summed E-state index contributed by atoms with van der Waals surface area (Å²) in [4.78, 5) is 0. The number of ether oxygens (including phenoxy) is 1. The van der Waals surface area contributed by atoms with Crippen LogP contribution in [0.15, 0.2) is 12.1 Å². The molecule has 4 heteroatoms. The van der Waals surface area contributed by atoms with Gasteiger partial charge in [-0.1, -0.05) is 6.07 Å². The molecular formula is C21H28NO3+. The van der Waals surface area contributed by atoms with E-state index in [4.69, 9.17) is 4.74 Å². The van der Waals surface area contributed by atoms with Crippen LogP contribution in [0.5, 0.6) is 11.5 Å². The summed E-state index contributed by atoms with van der Waals surface area (Å²) in [5.74, 6) is 1.79. The number of phenolic OH excluding ortho intramolecular Hbond substituents is 1. The van der Waals surface area contributed by atoms with Gasteiger partial charge in [0.25, 0.3) is 0 Å². The maximum absolute atomic E-state index is 12.2. The highest BCUT2D eigenvalue weighted by atomic mass is 16.5. The van der Waals surface area contributed by atoms with Crippen LogP contribution in [-0.2, 0) is 11.8 Å². The second-order valence-electron chi connectivity index (χ2n) is 9.64. The lowest BCUT2D eigenvalue weighted by Gasteiger charge is -2.64. The fourth-order valence-corrected chi connectivity index (χ4v) is 7.15. The highest BCUT2D eigenvalue weighted by Crippen LogP contribution is 2.66. The van der Waals surface area contributed by atoms with Crippen molar-refractivity contribution in [1.82, 2.24) is 0 Å². The number of likely N-dealkylation sites (tertiary alicyclic amines) is 1. The molecule has 6 rings (SSSR count). The number of quaternary nitrogens is 1. The molecule has 2 heterocycles. The monoisotopic (exact) mass is 342 g/mol. The summed E-state index contributed by atoms with van der Waals surface area (Å²) in [6, 6.07) is 4.15. The van der Waals surface area contributed by atoms with Crippen molar-refractivity contribution >= 4 is 0 Å². The summed E-state index contributed by atoms with van der Waals surface area (Å²) >= 11 is 0. The van der Waals surface area contributed by atoms with E-state index in [-0.39, 0.29) is 23.3 Å². The zero-order valence-corrected chi connectivity index (χ0v) is 15.0. The SMILES string of the molecule is C[N+]1(CC2CC2)CC[C@]23c4c5ccc(O)c4O[C@H]2CCCC3(O)[C@H]1C5. The molecular weight excluding hydrogens is 314 g/mol. The van der Waals surface area contributed by atoms with Crippen LogP contribution >= 0.6 is 0 Å². The molecule has 2 aliphatic heterocycles. The van der Waals surface area contributed by atoms with Gasteiger partial charge < -0.3 is 19.4 Å². The van der Waals surface area contributed by atoms with Gasteiger partial charge in [0.1, 0.15) is 17.7 Å². The fourth-order valence-electron chi connectivity index (χ4n) is 7.15. The number of benzene rings is 1. The van der Waals surface area contributed by atoms with Crippen molar-refractivity contribution in [3.8, 4) is 11.5 Å². The highest BCUT2D eigenvalue weighted by Gasteiger charge is 2.74. The summed E-state index contributed by atoms with van der Waals surface area (Å²) < 4.78 is 7.34. The van der Waals surface area contributed by atoms with E-state index >= 15 is 0 Å². The van der Waals surface area contributed by atoms with Crippen molar-refractivity contribution in [1.29, 1.82) is 0 Å². The minimum Gasteiger partial charge on any atom is -0.504 e. The van der Waals surface area contributed by atoms with Gasteiger partial charge in [-0.3, -0.25) is 0 Å². The largest absolute Gasteiger partial charge is 0.504 e. The van der Waals surface area contributed by atoms with Crippen LogP contribution in [0.25, 0.3) is 0 Å². The Morgan fingerprint density at radius 1 is 1.24 bits per heavy atom. The van der Waals surface area contributed by atoms with E-state index in [1.54, 1.807) is 6.07 Å². The van der Waals surface area contributed by atoms with Gasteiger partial charge in [-0.05, 0) is 43.7 Å². The first-order valence-corrected chi connectivity index (χ1v) is 10.1. The van der Waals surface area contributed by atoms with Crippen LogP contribution in [-0.4, -0.2) is 52.6 Å². The number of phenols is 1. The Morgan fingerprint density at radius 2 is 2.08 bits per heavy atom.